The number of aliphatic hydroxyl groups is 1. The minimum absolute atomic E-state index is 0.0424. The summed E-state index contributed by atoms with van der Waals surface area (Å²) >= 11 is 0. The molecule has 5 heteroatoms. The summed E-state index contributed by atoms with van der Waals surface area (Å²) in [6.07, 6.45) is 4.15. The lowest BCUT2D eigenvalue weighted by Crippen LogP contribution is -2.49. The Morgan fingerprint density at radius 3 is 2.70 bits per heavy atom. The molecule has 1 atom stereocenters. The van der Waals surface area contributed by atoms with Crippen LogP contribution in [0.2, 0.25) is 0 Å². The van der Waals surface area contributed by atoms with Crippen LogP contribution in [0, 0.1) is 5.82 Å². The summed E-state index contributed by atoms with van der Waals surface area (Å²) in [6.45, 7) is 2.45. The van der Waals surface area contributed by atoms with Crippen LogP contribution in [0.1, 0.15) is 13.3 Å². The largest absolute Gasteiger partial charge is 0.462 e. The zero-order chi connectivity index (χ0) is 14.6. The van der Waals surface area contributed by atoms with Gasteiger partial charge in [0.1, 0.15) is 17.3 Å². The molecule has 1 aliphatic carbocycles. The molecule has 0 heterocycles. The molecule has 1 aromatic carbocycles. The molecule has 0 bridgehead atoms. The van der Waals surface area contributed by atoms with Crippen molar-refractivity contribution in [2.75, 3.05) is 13.2 Å². The van der Waals surface area contributed by atoms with Crippen molar-refractivity contribution < 1.29 is 14.2 Å². The first-order valence-electron chi connectivity index (χ1n) is 6.49. The number of hydrogen-bond acceptors (Lipinski definition) is 4. The molecule has 1 unspecified atom stereocenters. The fourth-order valence-electron chi connectivity index (χ4n) is 2.10. The second kappa shape index (κ2) is 6.07. The first-order chi connectivity index (χ1) is 9.53. The van der Waals surface area contributed by atoms with Gasteiger partial charge in [-0.25, -0.2) is 4.39 Å². The minimum Gasteiger partial charge on any atom is -0.462 e. The topological polar surface area (TPSA) is 67.5 Å². The number of ether oxygens (including phenoxy) is 1. The molecule has 0 saturated heterocycles. The van der Waals surface area contributed by atoms with Crippen molar-refractivity contribution in [2.45, 2.75) is 18.9 Å². The molecule has 4 nitrogen and oxygen atoms in total. The molecule has 0 spiro atoms. The number of allylic oxidation sites excluding steroid dienone is 2. The van der Waals surface area contributed by atoms with E-state index in [9.17, 15) is 4.39 Å². The van der Waals surface area contributed by atoms with E-state index < -0.39 is 5.54 Å². The number of benzene rings is 1. The maximum absolute atomic E-state index is 12.8. The second-order valence-electron chi connectivity index (χ2n) is 4.97. The summed E-state index contributed by atoms with van der Waals surface area (Å²) < 4.78 is 18.6. The van der Waals surface area contributed by atoms with Crippen LogP contribution in [-0.4, -0.2) is 23.8 Å². The lowest BCUT2D eigenvalue weighted by Gasteiger charge is -2.34. The van der Waals surface area contributed by atoms with E-state index in [4.69, 9.17) is 15.6 Å². The number of nitrogens with one attached hydrogen (secondary N) is 1. The van der Waals surface area contributed by atoms with Crippen molar-refractivity contribution in [3.05, 3.63) is 53.7 Å². The average molecular weight is 278 g/mol. The number of aliphatic hydroxyl groups excluding tert-OH is 1. The van der Waals surface area contributed by atoms with E-state index >= 15 is 0 Å². The number of halogens is 1. The quantitative estimate of drug-likeness (QED) is 0.766. The molecule has 0 fully saturated rings. The zero-order valence-corrected chi connectivity index (χ0v) is 11.4. The van der Waals surface area contributed by atoms with Gasteiger partial charge in [-0.2, -0.15) is 0 Å². The van der Waals surface area contributed by atoms with Gasteiger partial charge in [-0.05, 0) is 43.3 Å². The van der Waals surface area contributed by atoms with E-state index in [2.05, 4.69) is 5.32 Å². The Balaban J connectivity index is 2.08. The van der Waals surface area contributed by atoms with Gasteiger partial charge in [-0.3, -0.25) is 0 Å². The van der Waals surface area contributed by atoms with Crippen molar-refractivity contribution in [3.63, 3.8) is 0 Å². The molecule has 0 aromatic heterocycles. The number of β-amino-alcohol motifs (C(OH)–C–C–N with tert-alkyl or cyclic N) is 1. The van der Waals surface area contributed by atoms with Gasteiger partial charge in [0.25, 0.3) is 0 Å². The summed E-state index contributed by atoms with van der Waals surface area (Å²) in [5.41, 5.74) is 6.24. The van der Waals surface area contributed by atoms with Gasteiger partial charge in [-0.1, -0.05) is 0 Å². The molecule has 1 aromatic rings. The van der Waals surface area contributed by atoms with Crippen LogP contribution in [0.3, 0.4) is 0 Å². The molecule has 1 aliphatic rings. The van der Waals surface area contributed by atoms with Crippen LogP contribution in [0.25, 0.3) is 0 Å². The lowest BCUT2D eigenvalue weighted by molar-refractivity contribution is 0.258. The highest BCUT2D eigenvalue weighted by molar-refractivity contribution is 5.33. The number of nitrogens with two attached hydrogens (primary N) is 1. The summed E-state index contributed by atoms with van der Waals surface area (Å²) in [7, 11) is 0. The van der Waals surface area contributed by atoms with Gasteiger partial charge in [0.2, 0.25) is 0 Å². The van der Waals surface area contributed by atoms with Crippen LogP contribution in [0.5, 0.6) is 5.75 Å². The SMILES string of the molecule is CC1(NCCO)CC(Oc2ccc(F)cc2)=CC=C1N. The van der Waals surface area contributed by atoms with Crippen LogP contribution >= 0.6 is 0 Å². The number of hydrogen-bond donors (Lipinski definition) is 3. The van der Waals surface area contributed by atoms with Gasteiger partial charge < -0.3 is 20.9 Å². The highest BCUT2D eigenvalue weighted by atomic mass is 19.1. The Bertz CT molecular complexity index is 525. The Labute approximate surface area is 117 Å². The van der Waals surface area contributed by atoms with Gasteiger partial charge in [0.05, 0.1) is 12.1 Å². The monoisotopic (exact) mass is 278 g/mol. The van der Waals surface area contributed by atoms with E-state index in [0.29, 0.717) is 24.4 Å². The highest BCUT2D eigenvalue weighted by Gasteiger charge is 2.31. The fourth-order valence-corrected chi connectivity index (χ4v) is 2.10. The normalized spacial score (nSPS) is 22.1. The second-order valence-corrected chi connectivity index (χ2v) is 4.97. The Kier molecular flexibility index (Phi) is 4.42. The predicted molar refractivity (Wildman–Crippen MR) is 75.5 cm³/mol. The third-order valence-electron chi connectivity index (χ3n) is 3.30. The van der Waals surface area contributed by atoms with Gasteiger partial charge in [-0.15, -0.1) is 0 Å². The maximum atomic E-state index is 12.8. The predicted octanol–water partition coefficient (Wildman–Crippen LogP) is 1.68. The van der Waals surface area contributed by atoms with Crippen molar-refractivity contribution in [1.82, 2.24) is 5.32 Å². The summed E-state index contributed by atoms with van der Waals surface area (Å²) in [5, 5.41) is 12.1. The Morgan fingerprint density at radius 2 is 2.05 bits per heavy atom. The van der Waals surface area contributed by atoms with Crippen LogP contribution in [-0.2, 0) is 0 Å². The lowest BCUT2D eigenvalue weighted by atomic mass is 9.88. The fraction of sp³-hybridized carbons (Fsp3) is 0.333. The van der Waals surface area contributed by atoms with Gasteiger partial charge in [0.15, 0.2) is 0 Å². The molecule has 4 N–H and O–H groups in total. The van der Waals surface area contributed by atoms with E-state index in [1.54, 1.807) is 24.3 Å². The molecular formula is C15H19FN2O2. The molecule has 0 radical (unpaired) electrons. The minimum atomic E-state index is -0.452. The maximum Gasteiger partial charge on any atom is 0.127 e. The van der Waals surface area contributed by atoms with Crippen LogP contribution < -0.4 is 15.8 Å². The van der Waals surface area contributed by atoms with Gasteiger partial charge >= 0.3 is 0 Å². The molecule has 2 rings (SSSR count). The summed E-state index contributed by atoms with van der Waals surface area (Å²) in [4.78, 5) is 0. The van der Waals surface area contributed by atoms with Crippen LogP contribution in [0.15, 0.2) is 47.9 Å². The standard InChI is InChI=1S/C15H19FN2O2/c1-15(18-8-9-19)10-13(6-7-14(15)17)20-12-4-2-11(16)3-5-12/h2-7,18-19H,8-10,17H2,1H3. The molecular weight excluding hydrogens is 259 g/mol. The summed E-state index contributed by atoms with van der Waals surface area (Å²) in [6, 6.07) is 5.87. The Morgan fingerprint density at radius 1 is 1.35 bits per heavy atom. The van der Waals surface area contributed by atoms with Crippen molar-refractivity contribution in [2.24, 2.45) is 5.73 Å². The van der Waals surface area contributed by atoms with Crippen molar-refractivity contribution in [3.8, 4) is 5.75 Å². The van der Waals surface area contributed by atoms with E-state index in [0.717, 1.165) is 5.76 Å². The first kappa shape index (κ1) is 14.6. The third-order valence-corrected chi connectivity index (χ3v) is 3.30. The molecule has 20 heavy (non-hydrogen) atoms. The average Bonchev–Trinajstić information content (AvgIpc) is 2.43. The smallest absolute Gasteiger partial charge is 0.127 e. The first-order valence-corrected chi connectivity index (χ1v) is 6.49. The molecule has 0 saturated carbocycles. The Hall–Kier alpha value is -1.85. The number of rotatable bonds is 5. The zero-order valence-electron chi connectivity index (χ0n) is 11.4. The molecule has 0 amide bonds. The van der Waals surface area contributed by atoms with Gasteiger partial charge in [0, 0.05) is 18.7 Å². The van der Waals surface area contributed by atoms with Crippen molar-refractivity contribution >= 4 is 0 Å². The molecule has 0 aliphatic heterocycles. The van der Waals surface area contributed by atoms with Crippen LogP contribution in [0.4, 0.5) is 4.39 Å². The van der Waals surface area contributed by atoms with E-state index in [1.165, 1.54) is 12.1 Å². The van der Waals surface area contributed by atoms with Crippen molar-refractivity contribution in [1.29, 1.82) is 0 Å². The summed E-state index contributed by atoms with van der Waals surface area (Å²) in [5.74, 6) is 1.02. The van der Waals surface area contributed by atoms with E-state index in [-0.39, 0.29) is 12.4 Å². The molecule has 108 valence electrons. The third kappa shape index (κ3) is 3.37. The van der Waals surface area contributed by atoms with E-state index in [1.807, 2.05) is 6.92 Å². The highest BCUT2D eigenvalue weighted by Crippen LogP contribution is 2.28.